The molecule has 9 heteroatoms. The van der Waals surface area contributed by atoms with Gasteiger partial charge in [0, 0.05) is 14.1 Å². The van der Waals surface area contributed by atoms with Crippen LogP contribution in [0.3, 0.4) is 0 Å². The molecule has 21 heavy (non-hydrogen) atoms. The lowest BCUT2D eigenvalue weighted by Crippen LogP contribution is -2.37. The van der Waals surface area contributed by atoms with Gasteiger partial charge >= 0.3 is 11.7 Å². The Morgan fingerprint density at radius 2 is 1.95 bits per heavy atom. The molecule has 1 aliphatic heterocycles. The molecule has 0 fully saturated rings. The van der Waals surface area contributed by atoms with Crippen LogP contribution in [0.4, 0.5) is 11.5 Å². The van der Waals surface area contributed by atoms with E-state index in [1.54, 1.807) is 13.0 Å². The van der Waals surface area contributed by atoms with Crippen molar-refractivity contribution in [3.05, 3.63) is 32.2 Å². The first-order valence-electron chi connectivity index (χ1n) is 6.07. The van der Waals surface area contributed by atoms with Crippen LogP contribution in [0.1, 0.15) is 6.92 Å². The molecule has 2 N–H and O–H groups in total. The molecule has 2 rings (SSSR count). The third-order valence-electron chi connectivity index (χ3n) is 3.00. The number of hydrogen-bond acceptors (Lipinski definition) is 7. The van der Waals surface area contributed by atoms with E-state index in [2.05, 4.69) is 10.6 Å². The molecule has 2 heterocycles. The van der Waals surface area contributed by atoms with Gasteiger partial charge in [-0.05, 0) is 6.92 Å². The summed E-state index contributed by atoms with van der Waals surface area (Å²) < 4.78 is 6.89. The Bertz CT molecular complexity index is 809. The summed E-state index contributed by atoms with van der Waals surface area (Å²) in [5.41, 5.74) is -1.30. The van der Waals surface area contributed by atoms with Crippen LogP contribution in [0.2, 0.25) is 0 Å². The van der Waals surface area contributed by atoms with E-state index >= 15 is 0 Å². The van der Waals surface area contributed by atoms with Gasteiger partial charge in [0.25, 0.3) is 5.56 Å². The summed E-state index contributed by atoms with van der Waals surface area (Å²) in [7, 11) is 2.81. The van der Waals surface area contributed by atoms with Crippen LogP contribution in [0.15, 0.2) is 21.0 Å². The molecule has 9 nitrogen and oxygen atoms in total. The number of hydrogen-bond donors (Lipinski definition) is 2. The van der Waals surface area contributed by atoms with Crippen molar-refractivity contribution in [2.75, 3.05) is 17.2 Å². The van der Waals surface area contributed by atoms with Crippen molar-refractivity contribution in [3.63, 3.8) is 0 Å². The highest BCUT2D eigenvalue weighted by Crippen LogP contribution is 2.26. The quantitative estimate of drug-likeness (QED) is 0.417. The molecule has 1 aromatic heterocycles. The number of aromatic nitrogens is 2. The minimum absolute atomic E-state index is 0.0178. The smallest absolute Gasteiger partial charge is 0.352 e. The molecule has 0 aliphatic carbocycles. The van der Waals surface area contributed by atoms with Crippen LogP contribution in [0, 0.1) is 11.3 Å². The number of carbonyl (C=O) groups excluding carboxylic acids is 1. The predicted molar refractivity (Wildman–Crippen MR) is 73.4 cm³/mol. The van der Waals surface area contributed by atoms with Gasteiger partial charge in [-0.2, -0.15) is 5.26 Å². The second-order valence-corrected chi connectivity index (χ2v) is 4.26. The third kappa shape index (κ3) is 2.16. The van der Waals surface area contributed by atoms with E-state index in [0.717, 1.165) is 4.57 Å². The first-order valence-corrected chi connectivity index (χ1v) is 6.07. The van der Waals surface area contributed by atoms with E-state index in [-0.39, 0.29) is 29.5 Å². The molecule has 0 saturated heterocycles. The van der Waals surface area contributed by atoms with E-state index in [4.69, 9.17) is 10.00 Å². The average molecular weight is 291 g/mol. The molecule has 0 atom stereocenters. The highest BCUT2D eigenvalue weighted by atomic mass is 16.5. The average Bonchev–Trinajstić information content (AvgIpc) is 2.89. The molecule has 0 amide bonds. The van der Waals surface area contributed by atoms with Gasteiger partial charge in [-0.1, -0.05) is 0 Å². The molecular weight excluding hydrogens is 278 g/mol. The lowest BCUT2D eigenvalue weighted by molar-refractivity contribution is -0.138. The molecule has 110 valence electrons. The zero-order valence-electron chi connectivity index (χ0n) is 11.7. The molecule has 0 bridgehead atoms. The van der Waals surface area contributed by atoms with Crippen molar-refractivity contribution >= 4 is 17.5 Å². The van der Waals surface area contributed by atoms with Gasteiger partial charge in [-0.3, -0.25) is 13.9 Å². The first-order chi connectivity index (χ1) is 9.92. The monoisotopic (exact) mass is 291 g/mol. The largest absolute Gasteiger partial charge is 0.462 e. The fourth-order valence-electron chi connectivity index (χ4n) is 1.91. The van der Waals surface area contributed by atoms with Crippen molar-refractivity contribution in [2.24, 2.45) is 14.1 Å². The summed E-state index contributed by atoms with van der Waals surface area (Å²) in [6.07, 6.45) is 0. The number of nitrogens with one attached hydrogen (secondary N) is 2. The molecular formula is C12H13N5O4. The maximum Gasteiger partial charge on any atom is 0.352 e. The van der Waals surface area contributed by atoms with Crippen molar-refractivity contribution in [3.8, 4) is 6.07 Å². The molecule has 0 saturated carbocycles. The van der Waals surface area contributed by atoms with Crippen molar-refractivity contribution in [1.82, 2.24) is 9.13 Å². The van der Waals surface area contributed by atoms with E-state index < -0.39 is 17.2 Å². The van der Waals surface area contributed by atoms with Crippen molar-refractivity contribution in [1.29, 1.82) is 5.26 Å². The summed E-state index contributed by atoms with van der Waals surface area (Å²) in [5.74, 6) is -0.607. The molecule has 0 unspecified atom stereocenters. The van der Waals surface area contributed by atoms with E-state index in [9.17, 15) is 14.4 Å². The summed E-state index contributed by atoms with van der Waals surface area (Å²) in [4.78, 5) is 35.5. The SMILES string of the molecule is CCOC(=O)/C(C#N)=C1/Nc2c(n(C)c(=O)n(C)c2=O)N1. The van der Waals surface area contributed by atoms with Crippen molar-refractivity contribution in [2.45, 2.75) is 6.92 Å². The lowest BCUT2D eigenvalue weighted by Gasteiger charge is -2.06. The Kier molecular flexibility index (Phi) is 3.54. The van der Waals surface area contributed by atoms with Crippen LogP contribution < -0.4 is 21.9 Å². The van der Waals surface area contributed by atoms with E-state index in [0.29, 0.717) is 0 Å². The summed E-state index contributed by atoms with van der Waals surface area (Å²) >= 11 is 0. The normalized spacial score (nSPS) is 14.6. The fraction of sp³-hybridized carbons (Fsp3) is 0.333. The maximum absolute atomic E-state index is 12.0. The standard InChI is InChI=1S/C12H13N5O4/c1-4-21-11(19)6(5-13)8-14-7-9(15-8)16(2)12(20)17(3)10(7)18/h14-15H,4H2,1-3H3/b8-6-. The molecule has 0 radical (unpaired) electrons. The van der Waals surface area contributed by atoms with Crippen LogP contribution in [0.25, 0.3) is 0 Å². The van der Waals surface area contributed by atoms with Gasteiger partial charge in [0.1, 0.15) is 23.4 Å². The first kappa shape index (κ1) is 14.4. The van der Waals surface area contributed by atoms with Gasteiger partial charge in [-0.25, -0.2) is 9.59 Å². The van der Waals surface area contributed by atoms with Gasteiger partial charge in [0.2, 0.25) is 0 Å². The Hall–Kier alpha value is -3.02. The number of ether oxygens (including phenoxy) is 1. The lowest BCUT2D eigenvalue weighted by atomic mass is 10.3. The van der Waals surface area contributed by atoms with Gasteiger partial charge in [-0.15, -0.1) is 0 Å². The Labute approximate surface area is 119 Å². The molecule has 0 spiro atoms. The highest BCUT2D eigenvalue weighted by molar-refractivity contribution is 5.96. The maximum atomic E-state index is 12.0. The minimum Gasteiger partial charge on any atom is -0.462 e. The fourth-order valence-corrected chi connectivity index (χ4v) is 1.91. The number of rotatable bonds is 2. The Morgan fingerprint density at radius 1 is 1.29 bits per heavy atom. The zero-order chi connectivity index (χ0) is 15.7. The number of fused-ring (bicyclic) bond motifs is 1. The number of esters is 1. The highest BCUT2D eigenvalue weighted by Gasteiger charge is 2.28. The second kappa shape index (κ2) is 5.16. The summed E-state index contributed by atoms with van der Waals surface area (Å²) in [6.45, 7) is 1.73. The van der Waals surface area contributed by atoms with E-state index in [1.807, 2.05) is 0 Å². The van der Waals surface area contributed by atoms with Crippen LogP contribution in [-0.2, 0) is 23.6 Å². The number of anilines is 2. The Balaban J connectivity index is 2.59. The topological polar surface area (TPSA) is 118 Å². The summed E-state index contributed by atoms with van der Waals surface area (Å²) in [6, 6.07) is 1.72. The van der Waals surface area contributed by atoms with Gasteiger partial charge in [0.05, 0.1) is 6.61 Å². The minimum atomic E-state index is -0.815. The van der Waals surface area contributed by atoms with Crippen LogP contribution >= 0.6 is 0 Å². The third-order valence-corrected chi connectivity index (χ3v) is 3.00. The number of carbonyl (C=O) groups is 1. The van der Waals surface area contributed by atoms with E-state index in [1.165, 1.54) is 18.7 Å². The van der Waals surface area contributed by atoms with Crippen LogP contribution in [-0.4, -0.2) is 21.7 Å². The molecule has 0 aromatic carbocycles. The van der Waals surface area contributed by atoms with Crippen molar-refractivity contribution < 1.29 is 9.53 Å². The summed E-state index contributed by atoms with van der Waals surface area (Å²) in [5, 5.41) is 14.4. The predicted octanol–water partition coefficient (Wildman–Crippen LogP) is -0.780. The number of nitriles is 1. The second-order valence-electron chi connectivity index (χ2n) is 4.26. The molecule has 1 aromatic rings. The van der Waals surface area contributed by atoms with Gasteiger partial charge in [0.15, 0.2) is 5.57 Å². The molecule has 1 aliphatic rings. The van der Waals surface area contributed by atoms with Gasteiger partial charge < -0.3 is 15.4 Å². The Morgan fingerprint density at radius 3 is 2.52 bits per heavy atom. The number of nitrogens with zero attached hydrogens (tertiary/aromatic N) is 3. The zero-order valence-corrected chi connectivity index (χ0v) is 11.7. The van der Waals surface area contributed by atoms with Crippen LogP contribution in [0.5, 0.6) is 0 Å².